The molecule has 0 heterocycles. The summed E-state index contributed by atoms with van der Waals surface area (Å²) in [5.41, 5.74) is 1.49. The molecule has 1 aliphatic carbocycles. The molecule has 70 valence electrons. The van der Waals surface area contributed by atoms with Crippen LogP contribution in [-0.2, 0) is 6.42 Å². The first-order valence-corrected chi connectivity index (χ1v) is 6.25. The van der Waals surface area contributed by atoms with Gasteiger partial charge in [-0.1, -0.05) is 30.3 Å². The quantitative estimate of drug-likeness (QED) is 0.705. The zero-order valence-electron chi connectivity index (χ0n) is 8.07. The number of benzene rings is 1. The van der Waals surface area contributed by atoms with Crippen LogP contribution in [0.3, 0.4) is 0 Å². The Kier molecular flexibility index (Phi) is 2.94. The molecular weight excluding hydrogens is 176 g/mol. The van der Waals surface area contributed by atoms with Crippen molar-refractivity contribution in [2.45, 2.75) is 24.5 Å². The molecule has 0 bridgehead atoms. The molecule has 1 fully saturated rings. The Morgan fingerprint density at radius 2 is 2.08 bits per heavy atom. The predicted molar refractivity (Wildman–Crippen MR) is 60.2 cm³/mol. The van der Waals surface area contributed by atoms with Crippen LogP contribution in [0.1, 0.15) is 18.4 Å². The molecule has 0 aromatic heterocycles. The molecule has 0 radical (unpaired) electrons. The third-order valence-corrected chi connectivity index (χ3v) is 3.99. The van der Waals surface area contributed by atoms with Crippen molar-refractivity contribution in [3.8, 4) is 0 Å². The highest BCUT2D eigenvalue weighted by molar-refractivity contribution is 7.99. The molecule has 2 atom stereocenters. The van der Waals surface area contributed by atoms with E-state index in [9.17, 15) is 0 Å². The molecule has 0 N–H and O–H groups in total. The van der Waals surface area contributed by atoms with E-state index in [1.165, 1.54) is 24.8 Å². The normalized spacial score (nSPS) is 25.9. The van der Waals surface area contributed by atoms with Crippen molar-refractivity contribution >= 4 is 11.8 Å². The molecule has 2 unspecified atom stereocenters. The van der Waals surface area contributed by atoms with E-state index in [1.807, 2.05) is 11.8 Å². The van der Waals surface area contributed by atoms with Gasteiger partial charge < -0.3 is 0 Å². The van der Waals surface area contributed by atoms with E-state index >= 15 is 0 Å². The monoisotopic (exact) mass is 192 g/mol. The van der Waals surface area contributed by atoms with Crippen LogP contribution in [0.25, 0.3) is 0 Å². The van der Waals surface area contributed by atoms with Crippen molar-refractivity contribution in [3.05, 3.63) is 35.9 Å². The molecule has 1 saturated carbocycles. The maximum atomic E-state index is 2.23. The van der Waals surface area contributed by atoms with E-state index in [0.29, 0.717) is 0 Å². The van der Waals surface area contributed by atoms with Crippen molar-refractivity contribution in [1.82, 2.24) is 0 Å². The van der Waals surface area contributed by atoms with Gasteiger partial charge in [0.05, 0.1) is 0 Å². The molecule has 1 aromatic carbocycles. The maximum Gasteiger partial charge on any atom is 0.00761 e. The molecule has 0 aliphatic heterocycles. The Morgan fingerprint density at radius 1 is 1.31 bits per heavy atom. The average Bonchev–Trinajstić information content (AvgIpc) is 2.95. The van der Waals surface area contributed by atoms with Crippen molar-refractivity contribution < 1.29 is 0 Å². The summed E-state index contributed by atoms with van der Waals surface area (Å²) in [5, 5.41) is 0.976. The van der Waals surface area contributed by atoms with E-state index in [2.05, 4.69) is 36.6 Å². The van der Waals surface area contributed by atoms with Gasteiger partial charge in [0.15, 0.2) is 0 Å². The molecule has 1 heteroatoms. The van der Waals surface area contributed by atoms with Crippen LogP contribution < -0.4 is 0 Å². The zero-order valence-corrected chi connectivity index (χ0v) is 8.89. The average molecular weight is 192 g/mol. The van der Waals surface area contributed by atoms with E-state index in [-0.39, 0.29) is 0 Å². The van der Waals surface area contributed by atoms with Crippen molar-refractivity contribution in [2.75, 3.05) is 6.26 Å². The van der Waals surface area contributed by atoms with Gasteiger partial charge in [0.1, 0.15) is 0 Å². The summed E-state index contributed by atoms with van der Waals surface area (Å²) < 4.78 is 0. The summed E-state index contributed by atoms with van der Waals surface area (Å²) >= 11 is 2.03. The van der Waals surface area contributed by atoms with Gasteiger partial charge in [-0.3, -0.25) is 0 Å². The summed E-state index contributed by atoms with van der Waals surface area (Å²) in [5.74, 6) is 1.01. The SMILES string of the molecule is CSC1CC1CCc1ccccc1. The van der Waals surface area contributed by atoms with Gasteiger partial charge in [0, 0.05) is 5.25 Å². The first-order valence-electron chi connectivity index (χ1n) is 4.97. The first-order chi connectivity index (χ1) is 6.40. The molecule has 0 amide bonds. The number of aryl methyl sites for hydroxylation is 1. The molecule has 2 rings (SSSR count). The van der Waals surface area contributed by atoms with Crippen molar-refractivity contribution in [3.63, 3.8) is 0 Å². The van der Waals surface area contributed by atoms with Gasteiger partial charge in [0.2, 0.25) is 0 Å². The van der Waals surface area contributed by atoms with Gasteiger partial charge >= 0.3 is 0 Å². The lowest BCUT2D eigenvalue weighted by atomic mass is 10.1. The van der Waals surface area contributed by atoms with E-state index < -0.39 is 0 Å². The molecule has 0 spiro atoms. The van der Waals surface area contributed by atoms with Crippen LogP contribution in [-0.4, -0.2) is 11.5 Å². The Bertz CT molecular complexity index is 255. The second kappa shape index (κ2) is 4.19. The summed E-state index contributed by atoms with van der Waals surface area (Å²) in [6, 6.07) is 10.8. The van der Waals surface area contributed by atoms with Gasteiger partial charge in [-0.05, 0) is 37.0 Å². The highest BCUT2D eigenvalue weighted by atomic mass is 32.2. The maximum absolute atomic E-state index is 2.23. The summed E-state index contributed by atoms with van der Waals surface area (Å²) in [6.07, 6.45) is 6.33. The summed E-state index contributed by atoms with van der Waals surface area (Å²) in [6.45, 7) is 0. The number of rotatable bonds is 4. The van der Waals surface area contributed by atoms with Crippen LogP contribution in [0.5, 0.6) is 0 Å². The summed E-state index contributed by atoms with van der Waals surface area (Å²) in [4.78, 5) is 0. The van der Waals surface area contributed by atoms with Gasteiger partial charge in [-0.25, -0.2) is 0 Å². The topological polar surface area (TPSA) is 0 Å². The largest absolute Gasteiger partial charge is 0.162 e. The standard InChI is InChI=1S/C12H16S/c1-13-12-9-11(12)8-7-10-5-3-2-4-6-10/h2-6,11-12H,7-9H2,1H3. The third kappa shape index (κ3) is 2.50. The minimum Gasteiger partial charge on any atom is -0.162 e. The predicted octanol–water partition coefficient (Wildman–Crippen LogP) is 3.37. The smallest absolute Gasteiger partial charge is 0.00761 e. The number of hydrogen-bond acceptors (Lipinski definition) is 1. The van der Waals surface area contributed by atoms with Crippen LogP contribution in [0, 0.1) is 5.92 Å². The number of thioether (sulfide) groups is 1. The fourth-order valence-electron chi connectivity index (χ4n) is 1.81. The fraction of sp³-hybridized carbons (Fsp3) is 0.500. The second-order valence-electron chi connectivity index (χ2n) is 3.79. The Balaban J connectivity index is 1.75. The van der Waals surface area contributed by atoms with Gasteiger partial charge in [0.25, 0.3) is 0 Å². The van der Waals surface area contributed by atoms with Gasteiger partial charge in [-0.2, -0.15) is 11.8 Å². The Morgan fingerprint density at radius 3 is 2.69 bits per heavy atom. The van der Waals surface area contributed by atoms with Crippen molar-refractivity contribution in [2.24, 2.45) is 5.92 Å². The summed E-state index contributed by atoms with van der Waals surface area (Å²) in [7, 11) is 0. The lowest BCUT2D eigenvalue weighted by molar-refractivity contribution is 0.730. The van der Waals surface area contributed by atoms with E-state index in [4.69, 9.17) is 0 Å². The fourth-order valence-corrected chi connectivity index (χ4v) is 2.77. The third-order valence-electron chi connectivity index (χ3n) is 2.81. The lowest BCUT2D eigenvalue weighted by Crippen LogP contribution is -1.88. The molecule has 1 aromatic rings. The minimum atomic E-state index is 0.976. The van der Waals surface area contributed by atoms with Crippen LogP contribution in [0.2, 0.25) is 0 Å². The molecule has 13 heavy (non-hydrogen) atoms. The van der Waals surface area contributed by atoms with Gasteiger partial charge in [-0.15, -0.1) is 0 Å². The first kappa shape index (κ1) is 9.14. The Labute approximate surface area is 84.7 Å². The Hall–Kier alpha value is -0.430. The van der Waals surface area contributed by atoms with Crippen LogP contribution in [0.4, 0.5) is 0 Å². The highest BCUT2D eigenvalue weighted by Gasteiger charge is 2.35. The second-order valence-corrected chi connectivity index (χ2v) is 4.87. The lowest BCUT2D eigenvalue weighted by Gasteiger charge is -1.99. The molecule has 0 saturated heterocycles. The number of hydrogen-bond donors (Lipinski definition) is 0. The van der Waals surface area contributed by atoms with E-state index in [0.717, 1.165) is 11.2 Å². The minimum absolute atomic E-state index is 0.976. The van der Waals surface area contributed by atoms with Crippen LogP contribution >= 0.6 is 11.8 Å². The molecular formula is C12H16S. The van der Waals surface area contributed by atoms with E-state index in [1.54, 1.807) is 0 Å². The zero-order chi connectivity index (χ0) is 9.10. The highest BCUT2D eigenvalue weighted by Crippen LogP contribution is 2.43. The van der Waals surface area contributed by atoms with Crippen LogP contribution in [0.15, 0.2) is 30.3 Å². The molecule has 1 aliphatic rings. The van der Waals surface area contributed by atoms with Crippen molar-refractivity contribution in [1.29, 1.82) is 0 Å². The molecule has 0 nitrogen and oxygen atoms in total.